The Morgan fingerprint density at radius 2 is 1.71 bits per heavy atom. The molecular formula is C27H41BrN2O3S. The van der Waals surface area contributed by atoms with Crippen molar-refractivity contribution < 1.29 is 14.0 Å². The standard InChI is InChI=1S/C27H41BrN2O3S/c1-9-32-26(17-29,33-10-2)27(30-34(31)24(6,7)8)23-13-22(28)12-11-21(23)16-25(27)14-18(3)20(5)19(4)15-25/h11-13,18-20,30H,9-10,14-16H2,1-8H3/t18-,19+,20+,25+,27-,34-/m0/s1. The van der Waals surface area contributed by atoms with E-state index in [1.165, 1.54) is 0 Å². The van der Waals surface area contributed by atoms with Crippen LogP contribution in [0.5, 0.6) is 0 Å². The Kier molecular flexibility index (Phi) is 8.25. The lowest BCUT2D eigenvalue weighted by molar-refractivity contribution is -0.269. The molecule has 1 N–H and O–H groups in total. The highest BCUT2D eigenvalue weighted by atomic mass is 79.9. The van der Waals surface area contributed by atoms with Gasteiger partial charge < -0.3 is 14.0 Å². The summed E-state index contributed by atoms with van der Waals surface area (Å²) in [4.78, 5) is 0. The molecule has 1 saturated carbocycles. The van der Waals surface area contributed by atoms with Gasteiger partial charge in [0.15, 0.2) is 5.54 Å². The first-order chi connectivity index (χ1) is 15.8. The van der Waals surface area contributed by atoms with Crippen LogP contribution in [0.25, 0.3) is 0 Å². The average molecular weight is 554 g/mol. The summed E-state index contributed by atoms with van der Waals surface area (Å²) in [6.07, 6.45) is 2.57. The molecular weight excluding hydrogens is 512 g/mol. The van der Waals surface area contributed by atoms with E-state index in [0.29, 0.717) is 31.0 Å². The summed E-state index contributed by atoms with van der Waals surface area (Å²) in [7, 11) is 0. The highest BCUT2D eigenvalue weighted by Gasteiger charge is 2.73. The predicted octanol–water partition coefficient (Wildman–Crippen LogP) is 6.23. The van der Waals surface area contributed by atoms with Crippen molar-refractivity contribution in [2.45, 2.75) is 90.7 Å². The summed E-state index contributed by atoms with van der Waals surface area (Å²) < 4.78 is 30.6. The highest BCUT2D eigenvalue weighted by molar-refractivity contribution is 9.10. The summed E-state index contributed by atoms with van der Waals surface area (Å²) in [6, 6.07) is 8.74. The summed E-state index contributed by atoms with van der Waals surface area (Å²) in [6.45, 7) is 17.2. The molecule has 190 valence electrons. The highest BCUT2D eigenvalue weighted by Crippen LogP contribution is 2.65. The van der Waals surface area contributed by atoms with Crippen LogP contribution in [-0.4, -0.2) is 28.3 Å². The van der Waals surface area contributed by atoms with Gasteiger partial charge in [0, 0.05) is 34.5 Å². The van der Waals surface area contributed by atoms with E-state index in [9.17, 15) is 9.81 Å². The molecule has 34 heavy (non-hydrogen) atoms. The maximum absolute atomic E-state index is 13.9. The van der Waals surface area contributed by atoms with Gasteiger partial charge in [-0.2, -0.15) is 5.26 Å². The van der Waals surface area contributed by atoms with Crippen molar-refractivity contribution in [3.63, 3.8) is 0 Å². The Hall–Kier alpha value is -0.620. The molecule has 0 aromatic heterocycles. The number of fused-ring (bicyclic) bond motifs is 1. The van der Waals surface area contributed by atoms with Crippen LogP contribution < -0.4 is 4.72 Å². The van der Waals surface area contributed by atoms with Crippen LogP contribution in [0.2, 0.25) is 0 Å². The molecule has 2 aliphatic carbocycles. The lowest BCUT2D eigenvalue weighted by atomic mass is 9.53. The zero-order valence-electron chi connectivity index (χ0n) is 22.0. The van der Waals surface area contributed by atoms with E-state index in [2.05, 4.69) is 65.7 Å². The van der Waals surface area contributed by atoms with E-state index in [1.807, 2.05) is 34.6 Å². The molecule has 1 fully saturated rings. The molecule has 1 aromatic carbocycles. The summed E-state index contributed by atoms with van der Waals surface area (Å²) in [5.74, 6) is -0.206. The van der Waals surface area contributed by atoms with Gasteiger partial charge in [-0.1, -0.05) is 42.8 Å². The minimum absolute atomic E-state index is 0.306. The van der Waals surface area contributed by atoms with Crippen LogP contribution in [0.4, 0.5) is 0 Å². The minimum atomic E-state index is -1.64. The van der Waals surface area contributed by atoms with Crippen LogP contribution in [0, 0.1) is 34.5 Å². The van der Waals surface area contributed by atoms with Gasteiger partial charge in [0.2, 0.25) is 0 Å². The number of ether oxygens (including phenoxy) is 2. The fourth-order valence-corrected chi connectivity index (χ4v) is 7.80. The Morgan fingerprint density at radius 3 is 2.18 bits per heavy atom. The molecule has 0 radical (unpaired) electrons. The average Bonchev–Trinajstić information content (AvgIpc) is 3.00. The first-order valence-corrected chi connectivity index (χ1v) is 14.4. The van der Waals surface area contributed by atoms with Gasteiger partial charge in [-0.3, -0.25) is 0 Å². The van der Waals surface area contributed by atoms with Gasteiger partial charge in [-0.25, -0.2) is 0 Å². The molecule has 1 aromatic rings. The Bertz CT molecular complexity index is 909. The fourth-order valence-electron chi connectivity index (χ4n) is 6.40. The Balaban J connectivity index is 2.43. The van der Waals surface area contributed by atoms with E-state index in [-0.39, 0.29) is 0 Å². The monoisotopic (exact) mass is 552 g/mol. The Labute approximate surface area is 217 Å². The predicted molar refractivity (Wildman–Crippen MR) is 141 cm³/mol. The SMILES string of the molecule is CCOC(C#N)(OCC)[C@]1(N[S@@+]([O-])C(C)(C)C)c2cc(Br)ccc2C[C@@]12C[C@@H](C)[C@H](C)[C@@H](C)C2. The zero-order chi connectivity index (χ0) is 25.5. The number of hydrogen-bond acceptors (Lipinski definition) is 5. The third-order valence-corrected chi connectivity index (χ3v) is 10.3. The molecule has 5 nitrogen and oxygen atoms in total. The molecule has 2 aliphatic rings. The van der Waals surface area contributed by atoms with Gasteiger partial charge in [0.05, 0.1) is 0 Å². The van der Waals surface area contributed by atoms with Crippen LogP contribution in [0.1, 0.15) is 79.4 Å². The van der Waals surface area contributed by atoms with Crippen LogP contribution in [0.3, 0.4) is 0 Å². The van der Waals surface area contributed by atoms with Gasteiger partial charge in [-0.15, -0.1) is 4.72 Å². The molecule has 0 bridgehead atoms. The minimum Gasteiger partial charge on any atom is -0.598 e. The van der Waals surface area contributed by atoms with Crippen LogP contribution in [0.15, 0.2) is 22.7 Å². The second-order valence-electron chi connectivity index (χ2n) is 11.3. The van der Waals surface area contributed by atoms with Crippen molar-refractivity contribution in [1.29, 1.82) is 5.26 Å². The first-order valence-electron chi connectivity index (χ1n) is 12.5. The smallest absolute Gasteiger partial charge is 0.287 e. The maximum Gasteiger partial charge on any atom is 0.287 e. The number of rotatable bonds is 7. The van der Waals surface area contributed by atoms with E-state index in [4.69, 9.17) is 9.47 Å². The second kappa shape index (κ2) is 10.0. The third-order valence-electron chi connectivity index (χ3n) is 8.16. The van der Waals surface area contributed by atoms with E-state index in [1.54, 1.807) is 0 Å². The quantitative estimate of drug-likeness (QED) is 0.320. The van der Waals surface area contributed by atoms with E-state index < -0.39 is 32.8 Å². The van der Waals surface area contributed by atoms with E-state index in [0.717, 1.165) is 34.9 Å². The van der Waals surface area contributed by atoms with Crippen molar-refractivity contribution in [2.75, 3.05) is 13.2 Å². The lowest BCUT2D eigenvalue weighted by Crippen LogP contribution is -2.72. The van der Waals surface area contributed by atoms with Crippen molar-refractivity contribution >= 4 is 27.3 Å². The zero-order valence-corrected chi connectivity index (χ0v) is 24.4. The Morgan fingerprint density at radius 1 is 1.15 bits per heavy atom. The molecule has 0 unspecified atom stereocenters. The van der Waals surface area contributed by atoms with E-state index >= 15 is 0 Å². The molecule has 3 rings (SSSR count). The number of benzene rings is 1. The molecule has 0 aliphatic heterocycles. The normalized spacial score (nSPS) is 32.4. The first kappa shape index (κ1) is 28.0. The number of nitriles is 1. The van der Waals surface area contributed by atoms with Crippen LogP contribution >= 0.6 is 15.9 Å². The van der Waals surface area contributed by atoms with Gasteiger partial charge in [-0.05, 0) is 94.9 Å². The molecule has 0 saturated heterocycles. The van der Waals surface area contributed by atoms with Gasteiger partial charge >= 0.3 is 0 Å². The fraction of sp³-hybridized carbons (Fsp3) is 0.741. The summed E-state index contributed by atoms with van der Waals surface area (Å²) >= 11 is 2.20. The number of nitrogens with one attached hydrogen (secondary N) is 1. The van der Waals surface area contributed by atoms with Crippen LogP contribution in [-0.2, 0) is 32.8 Å². The van der Waals surface area contributed by atoms with Crippen molar-refractivity contribution in [3.05, 3.63) is 33.8 Å². The summed E-state index contributed by atoms with van der Waals surface area (Å²) in [5.41, 5.74) is 0.606. The second-order valence-corrected chi connectivity index (χ2v) is 14.2. The maximum atomic E-state index is 13.9. The van der Waals surface area contributed by atoms with Gasteiger partial charge in [0.1, 0.15) is 10.8 Å². The summed E-state index contributed by atoms with van der Waals surface area (Å²) in [5, 5.41) is 10.8. The van der Waals surface area contributed by atoms with Crippen molar-refractivity contribution in [1.82, 2.24) is 4.72 Å². The lowest BCUT2D eigenvalue weighted by Gasteiger charge is -2.57. The number of nitrogens with zero attached hydrogens (tertiary/aromatic N) is 1. The topological polar surface area (TPSA) is 77.3 Å². The molecule has 7 heteroatoms. The largest absolute Gasteiger partial charge is 0.598 e. The third kappa shape index (κ3) is 4.37. The number of hydrogen-bond donors (Lipinski definition) is 1. The molecule has 1 spiro atoms. The van der Waals surface area contributed by atoms with Gasteiger partial charge in [0.25, 0.3) is 5.79 Å². The van der Waals surface area contributed by atoms with Crippen molar-refractivity contribution in [2.24, 2.45) is 23.2 Å². The molecule has 0 amide bonds. The van der Waals surface area contributed by atoms with Crippen molar-refractivity contribution in [3.8, 4) is 6.07 Å². The number of halogens is 1. The molecule has 0 heterocycles. The molecule has 6 atom stereocenters.